The second-order valence-electron chi connectivity index (χ2n) is 5.39. The maximum absolute atomic E-state index is 11.5. The Bertz CT molecular complexity index is 642. The van der Waals surface area contributed by atoms with Crippen molar-refractivity contribution in [3.05, 3.63) is 27.0 Å². The van der Waals surface area contributed by atoms with Gasteiger partial charge in [-0.2, -0.15) is 5.10 Å². The highest BCUT2D eigenvalue weighted by atomic mass is 16.6. The first-order valence-corrected chi connectivity index (χ1v) is 6.57. The number of carbonyl (C=O) groups is 2. The molecule has 0 unspecified atom stereocenters. The molecule has 0 bridgehead atoms. The molecule has 1 heterocycles. The minimum absolute atomic E-state index is 0.0912. The lowest BCUT2D eigenvalue weighted by molar-refractivity contribution is -0.120. The quantitative estimate of drug-likeness (QED) is 0.570. The average molecular weight is 313 g/mol. The van der Waals surface area contributed by atoms with Crippen molar-refractivity contribution in [3.8, 4) is 0 Å². The van der Waals surface area contributed by atoms with Crippen LogP contribution in [0.15, 0.2) is 15.9 Å². The molecule has 2 amide bonds. The molecular formula is C12H19N5O5. The van der Waals surface area contributed by atoms with E-state index in [9.17, 15) is 19.2 Å². The van der Waals surface area contributed by atoms with Crippen LogP contribution in [0.25, 0.3) is 0 Å². The standard InChI is InChI=1S/C12H19N5O5/c1-12(2,3)22-11(21)14-6-8(18)13-4-5-17-7-15-16-9(19)10(17)20/h7H,4-6H2,1-3H3,(H,13,18)(H,14,21)(H,16,19). The van der Waals surface area contributed by atoms with E-state index >= 15 is 0 Å². The number of ether oxygens (including phenoxy) is 1. The summed E-state index contributed by atoms with van der Waals surface area (Å²) in [6.45, 7) is 5.07. The summed E-state index contributed by atoms with van der Waals surface area (Å²) in [4.78, 5) is 45.3. The van der Waals surface area contributed by atoms with Crippen molar-refractivity contribution in [1.29, 1.82) is 0 Å². The molecule has 10 heteroatoms. The Morgan fingerprint density at radius 3 is 2.64 bits per heavy atom. The number of alkyl carbamates (subject to hydrolysis) is 1. The van der Waals surface area contributed by atoms with E-state index < -0.39 is 28.7 Å². The van der Waals surface area contributed by atoms with Crippen LogP contribution < -0.4 is 21.8 Å². The number of rotatable bonds is 5. The Hall–Kier alpha value is -2.65. The zero-order chi connectivity index (χ0) is 16.8. The van der Waals surface area contributed by atoms with Gasteiger partial charge in [0.05, 0.1) is 6.54 Å². The number of nitrogens with one attached hydrogen (secondary N) is 3. The second-order valence-corrected chi connectivity index (χ2v) is 5.39. The first-order valence-electron chi connectivity index (χ1n) is 6.57. The van der Waals surface area contributed by atoms with Gasteiger partial charge >= 0.3 is 17.2 Å². The third kappa shape index (κ3) is 6.20. The molecule has 1 aromatic rings. The summed E-state index contributed by atoms with van der Waals surface area (Å²) in [6, 6.07) is 0. The topological polar surface area (TPSA) is 135 Å². The number of carbonyl (C=O) groups excluding carboxylic acids is 2. The fraction of sp³-hybridized carbons (Fsp3) is 0.583. The predicted molar refractivity (Wildman–Crippen MR) is 76.4 cm³/mol. The second kappa shape index (κ2) is 7.38. The fourth-order valence-electron chi connectivity index (χ4n) is 1.39. The smallest absolute Gasteiger partial charge is 0.408 e. The molecule has 122 valence electrons. The maximum atomic E-state index is 11.5. The Labute approximate surface area is 125 Å². The van der Waals surface area contributed by atoms with Gasteiger partial charge in [0, 0.05) is 13.1 Å². The molecule has 0 aliphatic carbocycles. The van der Waals surface area contributed by atoms with E-state index in [1.54, 1.807) is 20.8 Å². The number of aromatic amines is 1. The zero-order valence-electron chi connectivity index (χ0n) is 12.6. The summed E-state index contributed by atoms with van der Waals surface area (Å²) in [5.74, 6) is -0.447. The van der Waals surface area contributed by atoms with E-state index in [0.717, 1.165) is 10.9 Å². The Kier molecular flexibility index (Phi) is 5.84. The van der Waals surface area contributed by atoms with Crippen LogP contribution in [0.4, 0.5) is 4.79 Å². The van der Waals surface area contributed by atoms with Gasteiger partial charge in [-0.3, -0.25) is 19.0 Å². The van der Waals surface area contributed by atoms with Gasteiger partial charge in [-0.25, -0.2) is 9.89 Å². The molecule has 22 heavy (non-hydrogen) atoms. The molecule has 10 nitrogen and oxygen atoms in total. The SMILES string of the molecule is CC(C)(C)OC(=O)NCC(=O)NCCn1cn[nH]c(=O)c1=O. The maximum Gasteiger partial charge on any atom is 0.408 e. The molecule has 0 aliphatic rings. The van der Waals surface area contributed by atoms with Gasteiger partial charge in [-0.15, -0.1) is 0 Å². The van der Waals surface area contributed by atoms with Gasteiger partial charge in [0.2, 0.25) is 5.91 Å². The summed E-state index contributed by atoms with van der Waals surface area (Å²) in [5.41, 5.74) is -2.23. The van der Waals surface area contributed by atoms with Crippen LogP contribution in [-0.2, 0) is 16.1 Å². The summed E-state index contributed by atoms with van der Waals surface area (Å²) < 4.78 is 6.04. The largest absolute Gasteiger partial charge is 0.444 e. The van der Waals surface area contributed by atoms with Gasteiger partial charge < -0.3 is 15.4 Å². The zero-order valence-corrected chi connectivity index (χ0v) is 12.6. The Balaban J connectivity index is 2.32. The molecule has 0 spiro atoms. The monoisotopic (exact) mass is 313 g/mol. The van der Waals surface area contributed by atoms with Gasteiger partial charge in [0.1, 0.15) is 11.9 Å². The third-order valence-corrected chi connectivity index (χ3v) is 2.29. The van der Waals surface area contributed by atoms with Crippen LogP contribution in [0.5, 0.6) is 0 Å². The van der Waals surface area contributed by atoms with Crippen LogP contribution in [0.1, 0.15) is 20.8 Å². The Morgan fingerprint density at radius 1 is 1.32 bits per heavy atom. The van der Waals surface area contributed by atoms with Crippen LogP contribution in [-0.4, -0.2) is 45.5 Å². The lowest BCUT2D eigenvalue weighted by Crippen LogP contribution is -2.42. The van der Waals surface area contributed by atoms with Crippen molar-refractivity contribution in [2.75, 3.05) is 13.1 Å². The summed E-state index contributed by atoms with van der Waals surface area (Å²) in [7, 11) is 0. The van der Waals surface area contributed by atoms with Gasteiger partial charge in [0.25, 0.3) is 0 Å². The van der Waals surface area contributed by atoms with Gasteiger partial charge in [-0.1, -0.05) is 0 Å². The van der Waals surface area contributed by atoms with Crippen LogP contribution in [0.2, 0.25) is 0 Å². The molecule has 0 aromatic carbocycles. The van der Waals surface area contributed by atoms with E-state index in [4.69, 9.17) is 4.74 Å². The molecule has 1 rings (SSSR count). The molecule has 0 atom stereocenters. The van der Waals surface area contributed by atoms with E-state index in [0.29, 0.717) is 0 Å². The molecule has 3 N–H and O–H groups in total. The van der Waals surface area contributed by atoms with Gasteiger partial charge in [-0.05, 0) is 20.8 Å². The van der Waals surface area contributed by atoms with E-state index in [2.05, 4.69) is 15.7 Å². The summed E-state index contributed by atoms with van der Waals surface area (Å²) in [6.07, 6.45) is 0.465. The van der Waals surface area contributed by atoms with E-state index in [1.165, 1.54) is 0 Å². The molecular weight excluding hydrogens is 294 g/mol. The van der Waals surface area contributed by atoms with Gasteiger partial charge in [0.15, 0.2) is 0 Å². The number of nitrogens with zero attached hydrogens (tertiary/aromatic N) is 2. The van der Waals surface area contributed by atoms with Crippen LogP contribution in [0, 0.1) is 0 Å². The summed E-state index contributed by atoms with van der Waals surface area (Å²) in [5, 5.41) is 10.3. The highest BCUT2D eigenvalue weighted by molar-refractivity contribution is 5.82. The Morgan fingerprint density at radius 2 is 2.00 bits per heavy atom. The minimum Gasteiger partial charge on any atom is -0.444 e. The van der Waals surface area contributed by atoms with Crippen molar-refractivity contribution in [3.63, 3.8) is 0 Å². The molecule has 0 fully saturated rings. The van der Waals surface area contributed by atoms with Crippen molar-refractivity contribution >= 4 is 12.0 Å². The van der Waals surface area contributed by atoms with Crippen molar-refractivity contribution < 1.29 is 14.3 Å². The van der Waals surface area contributed by atoms with Crippen LogP contribution >= 0.6 is 0 Å². The van der Waals surface area contributed by atoms with E-state index in [-0.39, 0.29) is 19.6 Å². The molecule has 0 aliphatic heterocycles. The first kappa shape index (κ1) is 17.4. The lowest BCUT2D eigenvalue weighted by Gasteiger charge is -2.19. The molecule has 1 aromatic heterocycles. The fourth-order valence-corrected chi connectivity index (χ4v) is 1.39. The van der Waals surface area contributed by atoms with E-state index in [1.807, 2.05) is 5.10 Å². The summed E-state index contributed by atoms with van der Waals surface area (Å²) >= 11 is 0. The van der Waals surface area contributed by atoms with Crippen molar-refractivity contribution in [2.24, 2.45) is 0 Å². The number of hydrogen-bond acceptors (Lipinski definition) is 6. The first-order chi connectivity index (χ1) is 10.2. The number of hydrogen-bond donors (Lipinski definition) is 3. The van der Waals surface area contributed by atoms with Crippen LogP contribution in [0.3, 0.4) is 0 Å². The third-order valence-electron chi connectivity index (χ3n) is 2.29. The number of aromatic nitrogens is 3. The molecule has 0 saturated heterocycles. The number of H-pyrrole nitrogens is 1. The lowest BCUT2D eigenvalue weighted by atomic mass is 10.2. The molecule has 0 radical (unpaired) electrons. The number of amides is 2. The van der Waals surface area contributed by atoms with Crippen molar-refractivity contribution in [1.82, 2.24) is 25.4 Å². The predicted octanol–water partition coefficient (Wildman–Crippen LogP) is -1.43. The normalized spacial score (nSPS) is 10.9. The van der Waals surface area contributed by atoms with Crippen molar-refractivity contribution in [2.45, 2.75) is 32.9 Å². The average Bonchev–Trinajstić information content (AvgIpc) is 2.39. The highest BCUT2D eigenvalue weighted by Crippen LogP contribution is 2.05. The minimum atomic E-state index is -0.833. The molecule has 0 saturated carbocycles. The highest BCUT2D eigenvalue weighted by Gasteiger charge is 2.16.